The van der Waals surface area contributed by atoms with Crippen LogP contribution in [-0.4, -0.2) is 21.7 Å². The van der Waals surface area contributed by atoms with E-state index in [4.69, 9.17) is 5.41 Å². The van der Waals surface area contributed by atoms with E-state index < -0.39 is 12.0 Å². The highest BCUT2D eigenvalue weighted by molar-refractivity contribution is 7.17. The van der Waals surface area contributed by atoms with Crippen LogP contribution in [0.15, 0.2) is 36.5 Å². The van der Waals surface area contributed by atoms with Gasteiger partial charge in [-0.25, -0.2) is 4.98 Å². The third-order valence-corrected chi connectivity index (χ3v) is 3.58. The van der Waals surface area contributed by atoms with Gasteiger partial charge in [-0.2, -0.15) is 8.78 Å². The summed E-state index contributed by atoms with van der Waals surface area (Å²) in [6.07, 6.45) is 1.28. The lowest BCUT2D eigenvalue weighted by molar-refractivity contribution is -0.0892. The average molecular weight is 367 g/mol. The van der Waals surface area contributed by atoms with E-state index in [1.165, 1.54) is 21.4 Å². The monoisotopic (exact) mass is 367 g/mol. The Labute approximate surface area is 147 Å². The van der Waals surface area contributed by atoms with Crippen LogP contribution in [0.25, 0.3) is 0 Å². The van der Waals surface area contributed by atoms with Gasteiger partial charge in [-0.3, -0.25) is 0 Å². The van der Waals surface area contributed by atoms with E-state index in [9.17, 15) is 13.9 Å². The highest BCUT2D eigenvalue weighted by atomic mass is 31.0. The van der Waals surface area contributed by atoms with Crippen LogP contribution in [-0.2, 0) is 0 Å². The molecule has 1 aromatic heterocycles. The largest absolute Gasteiger partial charge is 0.430 e. The second kappa shape index (κ2) is 7.85. The van der Waals surface area contributed by atoms with Crippen molar-refractivity contribution in [2.24, 2.45) is 0 Å². The molecule has 2 aromatic rings. The van der Waals surface area contributed by atoms with Gasteiger partial charge in [-0.1, -0.05) is 6.92 Å². The summed E-state index contributed by atoms with van der Waals surface area (Å²) in [5, 5.41) is 21.2. The Morgan fingerprint density at radius 1 is 1.36 bits per heavy atom. The number of aromatic nitrogens is 1. The van der Waals surface area contributed by atoms with E-state index in [2.05, 4.69) is 15.0 Å². The molecule has 8 heteroatoms. The third kappa shape index (κ3) is 5.18. The summed E-state index contributed by atoms with van der Waals surface area (Å²) in [6, 6.07) is 7.63. The molecular formula is C17H20F2N3O2P. The number of halogens is 2. The molecule has 3 N–H and O–H groups in total. The van der Waals surface area contributed by atoms with Gasteiger partial charge in [-0.15, -0.1) is 0 Å². The minimum atomic E-state index is -3.33. The standard InChI is InChI=1S/C17H20F2N3O2P/c1-3-14(20)15-13(10(2)23)8-9-21-16(15)22-11-4-6-12(7-5-11)24-17(18,19)25/h4-10,20,23H,3,25H2,1-2H3,(H,21,22). The highest BCUT2D eigenvalue weighted by Gasteiger charge is 2.23. The number of nitrogens with zero attached hydrogens (tertiary/aromatic N) is 1. The molecule has 0 fully saturated rings. The number of rotatable bonds is 7. The number of ether oxygens (including phenoxy) is 1. The van der Waals surface area contributed by atoms with Crippen molar-refractivity contribution in [2.75, 3.05) is 5.32 Å². The first-order valence-electron chi connectivity index (χ1n) is 7.68. The number of benzene rings is 1. The quantitative estimate of drug-likeness (QED) is 0.499. The fourth-order valence-corrected chi connectivity index (χ4v) is 2.45. The van der Waals surface area contributed by atoms with E-state index in [-0.39, 0.29) is 5.75 Å². The molecule has 2 atom stereocenters. The van der Waals surface area contributed by atoms with Crippen LogP contribution in [0.5, 0.6) is 5.75 Å². The minimum absolute atomic E-state index is 0.0257. The van der Waals surface area contributed by atoms with E-state index >= 15 is 0 Å². The number of aliphatic hydroxyl groups excluding tert-OH is 1. The number of pyridine rings is 1. The van der Waals surface area contributed by atoms with Crippen molar-refractivity contribution in [3.63, 3.8) is 0 Å². The van der Waals surface area contributed by atoms with Gasteiger partial charge in [0.05, 0.1) is 6.10 Å². The second-order valence-corrected chi connectivity index (χ2v) is 6.12. The highest BCUT2D eigenvalue weighted by Crippen LogP contribution is 2.30. The molecule has 0 radical (unpaired) electrons. The number of hydrogen-bond acceptors (Lipinski definition) is 5. The number of nitrogens with one attached hydrogen (secondary N) is 2. The molecule has 0 saturated carbocycles. The molecule has 0 aliphatic carbocycles. The number of aliphatic hydroxyl groups is 1. The lowest BCUT2D eigenvalue weighted by atomic mass is 9.99. The SMILES string of the molecule is CCC(=N)c1c(C(C)O)ccnc1Nc1ccc(OC(F)(F)P)cc1. The summed E-state index contributed by atoms with van der Waals surface area (Å²) >= 11 is 0. The Morgan fingerprint density at radius 2 is 2.00 bits per heavy atom. The van der Waals surface area contributed by atoms with Gasteiger partial charge in [-0.05, 0) is 58.5 Å². The van der Waals surface area contributed by atoms with Crippen LogP contribution in [0.3, 0.4) is 0 Å². The summed E-state index contributed by atoms with van der Waals surface area (Å²) in [6.45, 7) is 3.47. The molecular weight excluding hydrogens is 347 g/mol. The molecule has 0 spiro atoms. The van der Waals surface area contributed by atoms with Crippen molar-refractivity contribution >= 4 is 26.5 Å². The third-order valence-electron chi connectivity index (χ3n) is 3.46. The number of alkyl halides is 2. The maximum atomic E-state index is 12.8. The topological polar surface area (TPSA) is 78.2 Å². The molecule has 0 aliphatic heterocycles. The molecule has 2 rings (SSSR count). The normalized spacial score (nSPS) is 12.6. The Morgan fingerprint density at radius 3 is 2.52 bits per heavy atom. The fraction of sp³-hybridized carbons (Fsp3) is 0.294. The van der Waals surface area contributed by atoms with Crippen molar-refractivity contribution in [1.29, 1.82) is 5.41 Å². The zero-order valence-corrected chi connectivity index (χ0v) is 15.0. The summed E-state index contributed by atoms with van der Waals surface area (Å²) in [7, 11) is 1.31. The summed E-state index contributed by atoms with van der Waals surface area (Å²) in [5.41, 5.74) is 2.08. The van der Waals surface area contributed by atoms with Crippen LogP contribution < -0.4 is 10.1 Å². The van der Waals surface area contributed by atoms with Gasteiger partial charge in [0.15, 0.2) is 0 Å². The summed E-state index contributed by atoms with van der Waals surface area (Å²) in [4.78, 5) is 4.25. The van der Waals surface area contributed by atoms with Gasteiger partial charge in [0, 0.05) is 23.2 Å². The van der Waals surface area contributed by atoms with Crippen LogP contribution in [0.4, 0.5) is 20.3 Å². The number of anilines is 2. The van der Waals surface area contributed by atoms with E-state index in [0.29, 0.717) is 34.8 Å². The molecule has 0 saturated heterocycles. The second-order valence-electron chi connectivity index (χ2n) is 5.45. The average Bonchev–Trinajstić information content (AvgIpc) is 2.54. The summed E-state index contributed by atoms with van der Waals surface area (Å²) < 4.78 is 30.1. The van der Waals surface area contributed by atoms with Crippen molar-refractivity contribution in [3.8, 4) is 5.75 Å². The first kappa shape index (κ1) is 19.2. The van der Waals surface area contributed by atoms with Gasteiger partial charge in [0.1, 0.15) is 11.6 Å². The molecule has 0 amide bonds. The molecule has 1 heterocycles. The predicted octanol–water partition coefficient (Wildman–Crippen LogP) is 4.46. The summed E-state index contributed by atoms with van der Waals surface area (Å²) in [5.74, 6) is -2.88. The lowest BCUT2D eigenvalue weighted by Crippen LogP contribution is -2.14. The van der Waals surface area contributed by atoms with Crippen molar-refractivity contribution in [3.05, 3.63) is 47.7 Å². The Bertz CT molecular complexity index is 747. The first-order chi connectivity index (χ1) is 11.7. The molecule has 0 aliphatic rings. The van der Waals surface area contributed by atoms with E-state index in [1.54, 1.807) is 31.3 Å². The van der Waals surface area contributed by atoms with Crippen LogP contribution in [0.2, 0.25) is 0 Å². The number of hydrogen-bond donors (Lipinski definition) is 3. The lowest BCUT2D eigenvalue weighted by Gasteiger charge is -2.17. The van der Waals surface area contributed by atoms with Crippen molar-refractivity contribution in [1.82, 2.24) is 4.98 Å². The molecule has 1 aromatic carbocycles. The van der Waals surface area contributed by atoms with Gasteiger partial charge in [0.2, 0.25) is 0 Å². The zero-order chi connectivity index (χ0) is 18.6. The van der Waals surface area contributed by atoms with Gasteiger partial charge < -0.3 is 20.6 Å². The van der Waals surface area contributed by atoms with E-state index in [1.807, 2.05) is 6.92 Å². The first-order valence-corrected chi connectivity index (χ1v) is 8.26. The van der Waals surface area contributed by atoms with E-state index in [0.717, 1.165) is 0 Å². The predicted molar refractivity (Wildman–Crippen MR) is 97.0 cm³/mol. The molecule has 0 bridgehead atoms. The van der Waals surface area contributed by atoms with Crippen molar-refractivity contribution in [2.45, 2.75) is 32.2 Å². The van der Waals surface area contributed by atoms with Gasteiger partial charge in [0.25, 0.3) is 0 Å². The molecule has 25 heavy (non-hydrogen) atoms. The van der Waals surface area contributed by atoms with Crippen LogP contribution >= 0.6 is 9.24 Å². The van der Waals surface area contributed by atoms with Crippen molar-refractivity contribution < 1.29 is 18.6 Å². The molecule has 2 unspecified atom stereocenters. The molecule has 5 nitrogen and oxygen atoms in total. The maximum absolute atomic E-state index is 12.8. The smallest absolute Gasteiger partial charge is 0.408 e. The van der Waals surface area contributed by atoms with Crippen LogP contribution in [0, 0.1) is 5.41 Å². The Balaban J connectivity index is 2.31. The fourth-order valence-electron chi connectivity index (χ4n) is 2.31. The molecule has 134 valence electrons. The minimum Gasteiger partial charge on any atom is -0.430 e. The van der Waals surface area contributed by atoms with Gasteiger partial charge >= 0.3 is 5.85 Å². The maximum Gasteiger partial charge on any atom is 0.408 e. The Kier molecular flexibility index (Phi) is 6.03. The van der Waals surface area contributed by atoms with Crippen LogP contribution in [0.1, 0.15) is 37.5 Å². The zero-order valence-electron chi connectivity index (χ0n) is 13.9. The Hall–Kier alpha value is -2.11.